The van der Waals surface area contributed by atoms with Crippen molar-refractivity contribution in [3.8, 4) is 11.6 Å². The van der Waals surface area contributed by atoms with Gasteiger partial charge in [-0.05, 0) is 37.1 Å². The molecule has 0 radical (unpaired) electrons. The fraction of sp³-hybridized carbons (Fsp3) is 0.190. The van der Waals surface area contributed by atoms with Crippen LogP contribution in [0.25, 0.3) is 0 Å². The Balaban J connectivity index is 1.77. The zero-order valence-electron chi connectivity index (χ0n) is 15.5. The Hall–Kier alpha value is -3.41. The fourth-order valence-electron chi connectivity index (χ4n) is 2.71. The van der Waals surface area contributed by atoms with Gasteiger partial charge in [-0.15, -0.1) is 0 Å². The van der Waals surface area contributed by atoms with Gasteiger partial charge in [-0.3, -0.25) is 9.59 Å². The highest BCUT2D eigenvalue weighted by molar-refractivity contribution is 5.93. The molecule has 6 nitrogen and oxygen atoms in total. The molecule has 0 aliphatic carbocycles. The van der Waals surface area contributed by atoms with Crippen LogP contribution in [0.5, 0.6) is 11.6 Å². The van der Waals surface area contributed by atoms with Gasteiger partial charge in [0.2, 0.25) is 11.4 Å². The van der Waals surface area contributed by atoms with E-state index in [1.54, 1.807) is 19.3 Å². The molecule has 2 heterocycles. The molecule has 0 spiro atoms. The summed E-state index contributed by atoms with van der Waals surface area (Å²) in [6, 6.07) is 12.5. The summed E-state index contributed by atoms with van der Waals surface area (Å²) >= 11 is 0. The lowest BCUT2D eigenvalue weighted by atomic mass is 10.1. The average Bonchev–Trinajstić information content (AvgIpc) is 2.66. The topological polar surface area (TPSA) is 73.2 Å². The van der Waals surface area contributed by atoms with Crippen molar-refractivity contribution in [3.05, 3.63) is 87.5 Å². The summed E-state index contributed by atoms with van der Waals surface area (Å²) in [5.74, 6) is 0.949. The normalized spacial score (nSPS) is 10.5. The third-order valence-corrected chi connectivity index (χ3v) is 4.24. The van der Waals surface area contributed by atoms with Gasteiger partial charge in [0.05, 0.1) is 5.56 Å². The summed E-state index contributed by atoms with van der Waals surface area (Å²) in [5.41, 5.74) is 3.04. The number of aromatic nitrogens is 2. The van der Waals surface area contributed by atoms with Gasteiger partial charge in [0, 0.05) is 37.6 Å². The minimum atomic E-state index is -0.271. The number of rotatable bonds is 5. The molecule has 138 valence electrons. The minimum absolute atomic E-state index is 0.164. The van der Waals surface area contributed by atoms with Gasteiger partial charge in [0.25, 0.3) is 5.91 Å². The first kappa shape index (κ1) is 18.4. The second-order valence-electron chi connectivity index (χ2n) is 6.34. The molecule has 0 unspecified atom stereocenters. The molecule has 27 heavy (non-hydrogen) atoms. The van der Waals surface area contributed by atoms with E-state index in [1.807, 2.05) is 38.1 Å². The molecular formula is C21H21N3O3. The maximum atomic E-state index is 12.4. The Morgan fingerprint density at radius 3 is 2.56 bits per heavy atom. The lowest BCUT2D eigenvalue weighted by Crippen LogP contribution is -2.25. The Bertz CT molecular complexity index is 1020. The van der Waals surface area contributed by atoms with Crippen molar-refractivity contribution in [1.29, 1.82) is 0 Å². The van der Waals surface area contributed by atoms with Gasteiger partial charge in [0.15, 0.2) is 0 Å². The number of hydrogen-bond donors (Lipinski definition) is 1. The van der Waals surface area contributed by atoms with Crippen LogP contribution in [0.15, 0.2) is 59.7 Å². The van der Waals surface area contributed by atoms with Crippen molar-refractivity contribution in [2.75, 3.05) is 0 Å². The van der Waals surface area contributed by atoms with Gasteiger partial charge in [0.1, 0.15) is 5.75 Å². The molecule has 1 aromatic carbocycles. The number of para-hydroxylation sites is 1. The van der Waals surface area contributed by atoms with Gasteiger partial charge in [-0.25, -0.2) is 4.98 Å². The SMILES string of the molecule is Cc1cccc(C)c1Oc1ncccc1CNC(=O)c1ccc(=O)n(C)c1. The van der Waals surface area contributed by atoms with Crippen molar-refractivity contribution in [2.24, 2.45) is 7.05 Å². The van der Waals surface area contributed by atoms with Crippen LogP contribution in [-0.2, 0) is 13.6 Å². The largest absolute Gasteiger partial charge is 0.438 e. The van der Waals surface area contributed by atoms with E-state index in [-0.39, 0.29) is 18.0 Å². The van der Waals surface area contributed by atoms with Crippen molar-refractivity contribution in [3.63, 3.8) is 0 Å². The van der Waals surface area contributed by atoms with E-state index in [9.17, 15) is 9.59 Å². The van der Waals surface area contributed by atoms with E-state index in [2.05, 4.69) is 10.3 Å². The summed E-state index contributed by atoms with van der Waals surface area (Å²) in [7, 11) is 1.61. The number of hydrogen-bond acceptors (Lipinski definition) is 4. The zero-order chi connectivity index (χ0) is 19.4. The number of ether oxygens (including phenoxy) is 1. The Morgan fingerprint density at radius 2 is 1.85 bits per heavy atom. The van der Waals surface area contributed by atoms with E-state index in [4.69, 9.17) is 4.74 Å². The molecule has 0 saturated heterocycles. The second kappa shape index (κ2) is 7.86. The van der Waals surface area contributed by atoms with Crippen LogP contribution in [0.1, 0.15) is 27.0 Å². The van der Waals surface area contributed by atoms with E-state index < -0.39 is 0 Å². The number of pyridine rings is 2. The molecule has 3 aromatic rings. The van der Waals surface area contributed by atoms with Crippen molar-refractivity contribution < 1.29 is 9.53 Å². The number of benzene rings is 1. The van der Waals surface area contributed by atoms with E-state index in [0.29, 0.717) is 11.4 Å². The number of nitrogens with one attached hydrogen (secondary N) is 1. The maximum Gasteiger partial charge on any atom is 0.253 e. The molecule has 1 amide bonds. The van der Waals surface area contributed by atoms with E-state index in [0.717, 1.165) is 22.4 Å². The molecule has 0 aliphatic heterocycles. The Morgan fingerprint density at radius 1 is 1.11 bits per heavy atom. The van der Waals surface area contributed by atoms with Crippen LogP contribution in [-0.4, -0.2) is 15.5 Å². The molecular weight excluding hydrogens is 342 g/mol. The van der Waals surface area contributed by atoms with Crippen molar-refractivity contribution in [2.45, 2.75) is 20.4 Å². The summed E-state index contributed by atoms with van der Waals surface area (Å²) in [4.78, 5) is 28.1. The third-order valence-electron chi connectivity index (χ3n) is 4.24. The summed E-state index contributed by atoms with van der Waals surface area (Å²) < 4.78 is 7.41. The summed E-state index contributed by atoms with van der Waals surface area (Å²) in [5, 5.41) is 2.84. The maximum absolute atomic E-state index is 12.4. The molecule has 0 fully saturated rings. The number of carbonyl (C=O) groups is 1. The van der Waals surface area contributed by atoms with Crippen LogP contribution in [0.2, 0.25) is 0 Å². The lowest BCUT2D eigenvalue weighted by Gasteiger charge is -2.14. The molecule has 3 rings (SSSR count). The van der Waals surface area contributed by atoms with Gasteiger partial charge in [-0.1, -0.05) is 24.3 Å². The van der Waals surface area contributed by atoms with Crippen LogP contribution in [0, 0.1) is 13.8 Å². The van der Waals surface area contributed by atoms with Gasteiger partial charge >= 0.3 is 0 Å². The predicted molar refractivity (Wildman–Crippen MR) is 103 cm³/mol. The molecule has 0 aliphatic rings. The number of carbonyl (C=O) groups excluding carboxylic acids is 1. The van der Waals surface area contributed by atoms with Crippen LogP contribution >= 0.6 is 0 Å². The Kier molecular flexibility index (Phi) is 5.35. The quantitative estimate of drug-likeness (QED) is 0.756. The molecule has 6 heteroatoms. The van der Waals surface area contributed by atoms with E-state index >= 15 is 0 Å². The Labute approximate surface area is 157 Å². The number of amides is 1. The highest BCUT2D eigenvalue weighted by Gasteiger charge is 2.12. The molecule has 0 saturated carbocycles. The first-order valence-corrected chi connectivity index (χ1v) is 8.58. The van der Waals surface area contributed by atoms with E-state index in [1.165, 1.54) is 22.9 Å². The molecule has 1 N–H and O–H groups in total. The highest BCUT2D eigenvalue weighted by atomic mass is 16.5. The van der Waals surface area contributed by atoms with Crippen LogP contribution in [0.3, 0.4) is 0 Å². The number of aryl methyl sites for hydroxylation is 3. The monoisotopic (exact) mass is 363 g/mol. The summed E-state index contributed by atoms with van der Waals surface area (Å²) in [6.45, 7) is 4.22. The third kappa shape index (κ3) is 4.23. The van der Waals surface area contributed by atoms with Crippen molar-refractivity contribution >= 4 is 5.91 Å². The standard InChI is InChI=1S/C21H21N3O3/c1-14-6-4-7-15(2)19(14)27-21-16(8-5-11-22-21)12-23-20(26)17-9-10-18(25)24(3)13-17/h4-11,13H,12H2,1-3H3,(H,23,26). The lowest BCUT2D eigenvalue weighted by molar-refractivity contribution is 0.0950. The summed E-state index contributed by atoms with van der Waals surface area (Å²) in [6.07, 6.45) is 3.16. The molecule has 0 atom stereocenters. The fourth-order valence-corrected chi connectivity index (χ4v) is 2.71. The minimum Gasteiger partial charge on any atom is -0.438 e. The smallest absolute Gasteiger partial charge is 0.253 e. The molecule has 0 bridgehead atoms. The van der Waals surface area contributed by atoms with Crippen molar-refractivity contribution in [1.82, 2.24) is 14.9 Å². The van der Waals surface area contributed by atoms with Crippen LogP contribution in [0.4, 0.5) is 0 Å². The van der Waals surface area contributed by atoms with Crippen LogP contribution < -0.4 is 15.6 Å². The first-order valence-electron chi connectivity index (χ1n) is 8.58. The average molecular weight is 363 g/mol. The highest BCUT2D eigenvalue weighted by Crippen LogP contribution is 2.29. The molecule has 2 aromatic heterocycles. The zero-order valence-corrected chi connectivity index (χ0v) is 15.5. The second-order valence-corrected chi connectivity index (χ2v) is 6.34. The number of nitrogens with zero attached hydrogens (tertiary/aromatic N) is 2. The first-order chi connectivity index (χ1) is 13.0. The van der Waals surface area contributed by atoms with Gasteiger partial charge < -0.3 is 14.6 Å². The predicted octanol–water partition coefficient (Wildman–Crippen LogP) is 3.12. The van der Waals surface area contributed by atoms with Gasteiger partial charge in [-0.2, -0.15) is 0 Å².